The van der Waals surface area contributed by atoms with Crippen LogP contribution in [0, 0.1) is 0 Å². The van der Waals surface area contributed by atoms with Gasteiger partial charge in [0.2, 0.25) is 5.95 Å². The molecule has 2 aromatic rings. The first kappa shape index (κ1) is 30.8. The van der Waals surface area contributed by atoms with Gasteiger partial charge in [-0.3, -0.25) is 24.2 Å². The van der Waals surface area contributed by atoms with E-state index in [4.69, 9.17) is 19.3 Å². The maximum atomic E-state index is 12.4. The number of phosphoric acid groups is 3. The van der Waals surface area contributed by atoms with E-state index in [9.17, 15) is 38.2 Å². The van der Waals surface area contributed by atoms with Crippen molar-refractivity contribution in [2.24, 2.45) is 0 Å². The molecule has 1 amide bonds. The number of hydrogen-bond donors (Lipinski definition) is 8. The van der Waals surface area contributed by atoms with Crippen LogP contribution in [0.5, 0.6) is 0 Å². The Bertz CT molecular complexity index is 1380. The van der Waals surface area contributed by atoms with Gasteiger partial charge in [-0.05, 0) is 6.92 Å². The number of imidazole rings is 1. The van der Waals surface area contributed by atoms with E-state index in [-0.39, 0.29) is 29.3 Å². The van der Waals surface area contributed by atoms with E-state index in [0.29, 0.717) is 0 Å². The van der Waals surface area contributed by atoms with E-state index in [0.717, 1.165) is 6.33 Å². The highest BCUT2D eigenvalue weighted by Crippen LogP contribution is 2.66. The molecule has 6 atom stereocenters. The second-order valence-electron chi connectivity index (χ2n) is 7.58. The molecule has 0 radical (unpaired) electrons. The predicted octanol–water partition coefficient (Wildman–Crippen LogP) is -0.0219. The van der Waals surface area contributed by atoms with Crippen molar-refractivity contribution in [2.75, 3.05) is 17.7 Å². The Morgan fingerprint density at radius 1 is 1.29 bits per heavy atom. The number of amides is 1. The van der Waals surface area contributed by atoms with Crippen LogP contribution in [0.25, 0.3) is 11.2 Å². The lowest BCUT2D eigenvalue weighted by atomic mass is 10.2. The zero-order chi connectivity index (χ0) is 28.5. The van der Waals surface area contributed by atoms with Crippen LogP contribution >= 0.6 is 36.1 Å². The molecular formula is C14H22N5O15P3S. The molecule has 0 spiro atoms. The van der Waals surface area contributed by atoms with Crippen molar-refractivity contribution in [1.82, 2.24) is 19.5 Å². The molecule has 6 unspecified atom stereocenters. The van der Waals surface area contributed by atoms with Crippen molar-refractivity contribution in [3.05, 3.63) is 16.7 Å². The number of aromatic nitrogens is 4. The molecule has 1 saturated heterocycles. The van der Waals surface area contributed by atoms with Crippen LogP contribution in [0.2, 0.25) is 0 Å². The molecule has 0 bridgehead atoms. The minimum absolute atomic E-state index is 0.0722. The average Bonchev–Trinajstić information content (AvgIpc) is 3.32. The standard InChI is InChI=1S/C14H22N5O15P3S/c1-6(4-38)31-14(22)18-13-16-11-10(12(21)17-13)15-5-19(11)9-2-7(20)8(32-9)3-30-36(26,27)34-37(28,29)33-35(23,24)25/h5-9,20,38H,2-4H2,1H3,(H,26,27)(H,28,29)(H2,23,24,25)(H2,16,17,18,21,22). The Kier molecular flexibility index (Phi) is 9.58. The molecule has 0 aliphatic carbocycles. The smallest absolute Gasteiger partial charge is 0.445 e. The summed E-state index contributed by atoms with van der Waals surface area (Å²) in [5.74, 6) is -0.0447. The zero-order valence-electron chi connectivity index (χ0n) is 19.0. The third-order valence-corrected chi connectivity index (χ3v) is 8.87. The Morgan fingerprint density at radius 3 is 2.61 bits per heavy atom. The highest BCUT2D eigenvalue weighted by Gasteiger charge is 2.43. The molecule has 20 nitrogen and oxygen atoms in total. The summed E-state index contributed by atoms with van der Waals surface area (Å²) in [5.41, 5.74) is -0.950. The molecule has 0 aromatic carbocycles. The number of nitrogens with one attached hydrogen (secondary N) is 2. The summed E-state index contributed by atoms with van der Waals surface area (Å²) in [6.45, 7) is 0.689. The second-order valence-corrected chi connectivity index (χ2v) is 12.4. The third kappa shape index (κ3) is 8.40. The van der Waals surface area contributed by atoms with Crippen LogP contribution in [0.15, 0.2) is 11.1 Å². The lowest BCUT2D eigenvalue weighted by molar-refractivity contribution is -0.0423. The van der Waals surface area contributed by atoms with Gasteiger partial charge in [-0.1, -0.05) is 0 Å². The summed E-state index contributed by atoms with van der Waals surface area (Å²) in [4.78, 5) is 70.5. The Labute approximate surface area is 217 Å². The van der Waals surface area contributed by atoms with E-state index in [1.165, 1.54) is 4.57 Å². The maximum absolute atomic E-state index is 12.4. The summed E-state index contributed by atoms with van der Waals surface area (Å²) in [6, 6.07) is 0. The number of anilines is 1. The fraction of sp³-hybridized carbons (Fsp3) is 0.571. The summed E-state index contributed by atoms with van der Waals surface area (Å²) < 4.78 is 57.5. The molecule has 1 aliphatic rings. The largest absolute Gasteiger partial charge is 0.490 e. The normalized spacial score (nSPS) is 24.0. The number of H-pyrrole nitrogens is 1. The number of hydrogen-bond acceptors (Lipinski definition) is 14. The molecule has 3 rings (SSSR count). The van der Waals surface area contributed by atoms with Crippen molar-refractivity contribution >= 4 is 59.3 Å². The number of fused-ring (bicyclic) bond motifs is 1. The number of aliphatic hydroxyl groups excluding tert-OH is 1. The van der Waals surface area contributed by atoms with Crippen LogP contribution in [-0.4, -0.2) is 81.0 Å². The van der Waals surface area contributed by atoms with Crippen molar-refractivity contribution in [3.8, 4) is 0 Å². The Morgan fingerprint density at radius 2 is 1.97 bits per heavy atom. The molecular weight excluding hydrogens is 603 g/mol. The Hall–Kier alpha value is -1.70. The van der Waals surface area contributed by atoms with E-state index in [2.05, 4.69) is 46.0 Å². The van der Waals surface area contributed by atoms with Crippen molar-refractivity contribution in [2.45, 2.75) is 37.9 Å². The van der Waals surface area contributed by atoms with E-state index >= 15 is 0 Å². The van der Waals surface area contributed by atoms with Crippen LogP contribution < -0.4 is 10.9 Å². The summed E-state index contributed by atoms with van der Waals surface area (Å²) >= 11 is 3.99. The highest BCUT2D eigenvalue weighted by atomic mass is 32.1. The first-order chi connectivity index (χ1) is 17.5. The van der Waals surface area contributed by atoms with E-state index in [1.54, 1.807) is 6.92 Å². The molecule has 24 heteroatoms. The first-order valence-electron chi connectivity index (χ1n) is 10.2. The quantitative estimate of drug-likeness (QED) is 0.120. The Balaban J connectivity index is 1.70. The van der Waals surface area contributed by atoms with Gasteiger partial charge in [0.1, 0.15) is 18.4 Å². The van der Waals surface area contributed by atoms with Crippen molar-refractivity contribution < 1.29 is 65.8 Å². The minimum Gasteiger partial charge on any atom is -0.445 e. The number of rotatable bonds is 11. The van der Waals surface area contributed by atoms with E-state index < -0.39 is 66.3 Å². The van der Waals surface area contributed by atoms with Gasteiger partial charge < -0.3 is 34.2 Å². The van der Waals surface area contributed by atoms with Gasteiger partial charge in [-0.2, -0.15) is 26.2 Å². The third-order valence-electron chi connectivity index (χ3n) is 4.55. The minimum atomic E-state index is -5.72. The number of phosphoric ester groups is 1. The van der Waals surface area contributed by atoms with Crippen molar-refractivity contribution in [3.63, 3.8) is 0 Å². The van der Waals surface area contributed by atoms with Gasteiger partial charge in [0.05, 0.1) is 19.0 Å². The first-order valence-corrected chi connectivity index (χ1v) is 15.3. The predicted molar refractivity (Wildman–Crippen MR) is 126 cm³/mol. The summed E-state index contributed by atoms with van der Waals surface area (Å²) in [5, 5.41) is 12.5. The number of carbonyl (C=O) groups excluding carboxylic acids is 1. The topological polar surface area (TPSA) is 291 Å². The van der Waals surface area contributed by atoms with Crippen LogP contribution in [0.1, 0.15) is 19.6 Å². The number of ether oxygens (including phenoxy) is 2. The molecule has 0 saturated carbocycles. The summed E-state index contributed by atoms with van der Waals surface area (Å²) in [7, 11) is -16.7. The van der Waals surface area contributed by atoms with Gasteiger partial charge in [0.25, 0.3) is 5.56 Å². The van der Waals surface area contributed by atoms with Gasteiger partial charge in [0, 0.05) is 12.2 Å². The lowest BCUT2D eigenvalue weighted by Crippen LogP contribution is -2.26. The van der Waals surface area contributed by atoms with Crippen LogP contribution in [0.4, 0.5) is 10.7 Å². The number of carbonyl (C=O) groups is 1. The van der Waals surface area contributed by atoms with Crippen molar-refractivity contribution in [1.29, 1.82) is 0 Å². The van der Waals surface area contributed by atoms with Crippen LogP contribution in [-0.2, 0) is 36.3 Å². The summed E-state index contributed by atoms with van der Waals surface area (Å²) in [6.07, 6.45) is -4.20. The number of thiol groups is 1. The molecule has 1 aliphatic heterocycles. The lowest BCUT2D eigenvalue weighted by Gasteiger charge is -2.19. The average molecular weight is 625 g/mol. The van der Waals surface area contributed by atoms with Gasteiger partial charge in [-0.25, -0.2) is 23.5 Å². The molecule has 7 N–H and O–H groups in total. The fourth-order valence-electron chi connectivity index (χ4n) is 3.05. The number of aliphatic hydroxyl groups is 1. The number of aromatic amines is 1. The second kappa shape index (κ2) is 11.8. The van der Waals surface area contributed by atoms with Gasteiger partial charge >= 0.3 is 29.6 Å². The zero-order valence-corrected chi connectivity index (χ0v) is 22.5. The van der Waals surface area contributed by atoms with Gasteiger partial charge in [-0.15, -0.1) is 0 Å². The monoisotopic (exact) mass is 625 g/mol. The number of nitrogens with zero attached hydrogens (tertiary/aromatic N) is 3. The molecule has 38 heavy (non-hydrogen) atoms. The van der Waals surface area contributed by atoms with Crippen LogP contribution in [0.3, 0.4) is 0 Å². The fourth-order valence-corrected chi connectivity index (χ4v) is 6.15. The van der Waals surface area contributed by atoms with E-state index in [1.807, 2.05) is 0 Å². The SMILES string of the molecule is CC(CS)OC(=O)Nc1nc2c(ncn2C2CC(O)C(COP(=O)(O)OP(=O)(O)OP(=O)(O)O)O2)c(=O)[nH]1. The highest BCUT2D eigenvalue weighted by molar-refractivity contribution is 7.80. The molecule has 2 aromatic heterocycles. The molecule has 3 heterocycles. The molecule has 214 valence electrons. The van der Waals surface area contributed by atoms with Gasteiger partial charge in [0.15, 0.2) is 11.2 Å². The molecule has 1 fully saturated rings. The maximum Gasteiger partial charge on any atom is 0.490 e.